The highest BCUT2D eigenvalue weighted by Crippen LogP contribution is 2.26. The SMILES string of the molecule is CCCNC(Cc1ccc(CC)s1)CC1CCS(=O)(=O)C1. The lowest BCUT2D eigenvalue weighted by atomic mass is 9.96. The Morgan fingerprint density at radius 3 is 2.67 bits per heavy atom. The normalized spacial score (nSPS) is 22.5. The summed E-state index contributed by atoms with van der Waals surface area (Å²) in [6.07, 6.45) is 5.07. The molecular weight excluding hydrogens is 302 g/mol. The lowest BCUT2D eigenvalue weighted by Gasteiger charge is -2.21. The second kappa shape index (κ2) is 7.75. The zero-order valence-electron chi connectivity index (χ0n) is 13.1. The van der Waals surface area contributed by atoms with E-state index in [1.54, 1.807) is 0 Å². The van der Waals surface area contributed by atoms with E-state index in [9.17, 15) is 8.42 Å². The molecule has 0 aliphatic carbocycles. The number of hydrogen-bond donors (Lipinski definition) is 1. The molecule has 1 aliphatic heterocycles. The summed E-state index contributed by atoms with van der Waals surface area (Å²) in [7, 11) is -2.76. The van der Waals surface area contributed by atoms with Gasteiger partial charge in [-0.15, -0.1) is 11.3 Å². The van der Waals surface area contributed by atoms with Crippen LogP contribution in [0.1, 0.15) is 42.9 Å². The summed E-state index contributed by atoms with van der Waals surface area (Å²) in [5, 5.41) is 3.61. The maximum absolute atomic E-state index is 11.6. The predicted molar refractivity (Wildman–Crippen MR) is 90.9 cm³/mol. The van der Waals surface area contributed by atoms with Crippen molar-refractivity contribution in [3.63, 3.8) is 0 Å². The number of hydrogen-bond acceptors (Lipinski definition) is 4. The molecule has 1 aliphatic rings. The van der Waals surface area contributed by atoms with Gasteiger partial charge in [0.15, 0.2) is 9.84 Å². The maximum Gasteiger partial charge on any atom is 0.150 e. The van der Waals surface area contributed by atoms with Crippen molar-refractivity contribution in [2.24, 2.45) is 5.92 Å². The number of thiophene rings is 1. The molecule has 2 atom stereocenters. The molecule has 0 aromatic carbocycles. The number of aryl methyl sites for hydroxylation is 1. The van der Waals surface area contributed by atoms with Gasteiger partial charge in [0.1, 0.15) is 0 Å². The van der Waals surface area contributed by atoms with E-state index < -0.39 is 9.84 Å². The van der Waals surface area contributed by atoms with Crippen LogP contribution in [0.4, 0.5) is 0 Å². The Morgan fingerprint density at radius 2 is 2.10 bits per heavy atom. The average Bonchev–Trinajstić information content (AvgIpc) is 3.02. The predicted octanol–water partition coefficient (Wildman–Crippen LogP) is 3.05. The summed E-state index contributed by atoms with van der Waals surface area (Å²) in [4.78, 5) is 2.85. The Balaban J connectivity index is 1.94. The fourth-order valence-electron chi connectivity index (χ4n) is 3.01. The summed E-state index contributed by atoms with van der Waals surface area (Å²) in [6, 6.07) is 4.86. The topological polar surface area (TPSA) is 46.2 Å². The van der Waals surface area contributed by atoms with E-state index >= 15 is 0 Å². The standard InChI is InChI=1S/C16H27NO2S2/c1-3-8-17-14(10-13-7-9-21(18,19)12-13)11-16-6-5-15(4-2)20-16/h5-6,13-14,17H,3-4,7-12H2,1-2H3. The van der Waals surface area contributed by atoms with E-state index in [-0.39, 0.29) is 0 Å². The van der Waals surface area contributed by atoms with E-state index in [0.717, 1.165) is 38.6 Å². The molecule has 0 spiro atoms. The van der Waals surface area contributed by atoms with Crippen molar-refractivity contribution in [1.29, 1.82) is 0 Å². The summed E-state index contributed by atoms with van der Waals surface area (Å²) in [5.74, 6) is 1.12. The summed E-state index contributed by atoms with van der Waals surface area (Å²) >= 11 is 1.89. The van der Waals surface area contributed by atoms with Crippen LogP contribution in [0.5, 0.6) is 0 Å². The van der Waals surface area contributed by atoms with Crippen LogP contribution in [0.2, 0.25) is 0 Å². The van der Waals surface area contributed by atoms with Crippen molar-refractivity contribution >= 4 is 21.2 Å². The number of sulfone groups is 1. The highest BCUT2D eigenvalue weighted by molar-refractivity contribution is 7.91. The average molecular weight is 330 g/mol. The number of rotatable bonds is 8. The van der Waals surface area contributed by atoms with E-state index in [0.29, 0.717) is 23.5 Å². The molecule has 0 amide bonds. The monoisotopic (exact) mass is 329 g/mol. The largest absolute Gasteiger partial charge is 0.314 e. The third-order valence-corrected chi connectivity index (χ3v) is 7.23. The van der Waals surface area contributed by atoms with Gasteiger partial charge in [0.2, 0.25) is 0 Å². The van der Waals surface area contributed by atoms with E-state index in [1.165, 1.54) is 9.75 Å². The first-order valence-corrected chi connectivity index (χ1v) is 10.7. The van der Waals surface area contributed by atoms with Crippen LogP contribution in [0.15, 0.2) is 12.1 Å². The minimum absolute atomic E-state index is 0.343. The van der Waals surface area contributed by atoms with E-state index in [2.05, 4.69) is 31.3 Å². The molecule has 21 heavy (non-hydrogen) atoms. The third-order valence-electron chi connectivity index (χ3n) is 4.14. The van der Waals surface area contributed by atoms with E-state index in [1.807, 2.05) is 11.3 Å². The van der Waals surface area contributed by atoms with Crippen LogP contribution >= 0.6 is 11.3 Å². The Kier molecular flexibility index (Phi) is 6.26. The highest BCUT2D eigenvalue weighted by atomic mass is 32.2. The molecule has 0 bridgehead atoms. The molecule has 0 radical (unpaired) electrons. The van der Waals surface area contributed by atoms with Crippen molar-refractivity contribution in [3.05, 3.63) is 21.9 Å². The van der Waals surface area contributed by atoms with Crippen molar-refractivity contribution in [1.82, 2.24) is 5.32 Å². The van der Waals surface area contributed by atoms with Crippen molar-refractivity contribution in [3.8, 4) is 0 Å². The van der Waals surface area contributed by atoms with Crippen LogP contribution in [0.25, 0.3) is 0 Å². The zero-order chi connectivity index (χ0) is 15.3. The Morgan fingerprint density at radius 1 is 1.33 bits per heavy atom. The van der Waals surface area contributed by atoms with Gasteiger partial charge >= 0.3 is 0 Å². The lowest BCUT2D eigenvalue weighted by molar-refractivity contribution is 0.404. The van der Waals surface area contributed by atoms with Gasteiger partial charge in [-0.3, -0.25) is 0 Å². The quantitative estimate of drug-likeness (QED) is 0.797. The van der Waals surface area contributed by atoms with Crippen LogP contribution in [-0.2, 0) is 22.7 Å². The second-order valence-corrected chi connectivity index (χ2v) is 9.56. The first kappa shape index (κ1) is 17.0. The van der Waals surface area contributed by atoms with Crippen molar-refractivity contribution in [2.45, 2.75) is 52.0 Å². The van der Waals surface area contributed by atoms with Gasteiger partial charge in [0, 0.05) is 15.8 Å². The Hall–Kier alpha value is -0.390. The van der Waals surface area contributed by atoms with Gasteiger partial charge in [-0.1, -0.05) is 13.8 Å². The minimum Gasteiger partial charge on any atom is -0.314 e. The molecule has 1 fully saturated rings. The minimum atomic E-state index is -2.76. The Labute approximate surface area is 133 Å². The molecule has 3 nitrogen and oxygen atoms in total. The molecule has 120 valence electrons. The molecule has 0 saturated carbocycles. The molecule has 1 aromatic rings. The summed E-state index contributed by atoms with van der Waals surface area (Å²) < 4.78 is 23.2. The van der Waals surface area contributed by atoms with Crippen molar-refractivity contribution < 1.29 is 8.42 Å². The molecule has 1 N–H and O–H groups in total. The van der Waals surface area contributed by atoms with Gasteiger partial charge < -0.3 is 5.32 Å². The Bertz CT molecular complexity index is 536. The maximum atomic E-state index is 11.6. The van der Waals surface area contributed by atoms with Gasteiger partial charge in [-0.2, -0.15) is 0 Å². The number of nitrogens with one attached hydrogen (secondary N) is 1. The van der Waals surface area contributed by atoms with Crippen LogP contribution in [0, 0.1) is 5.92 Å². The fraction of sp³-hybridized carbons (Fsp3) is 0.750. The van der Waals surface area contributed by atoms with Gasteiger partial charge in [0.05, 0.1) is 11.5 Å². The van der Waals surface area contributed by atoms with Gasteiger partial charge in [0.25, 0.3) is 0 Å². The summed E-state index contributed by atoms with van der Waals surface area (Å²) in [5.41, 5.74) is 0. The first-order valence-electron chi connectivity index (χ1n) is 8.03. The fourth-order valence-corrected chi connectivity index (χ4v) is 5.93. The molecule has 2 rings (SSSR count). The van der Waals surface area contributed by atoms with Gasteiger partial charge in [-0.05, 0) is 56.7 Å². The van der Waals surface area contributed by atoms with Crippen molar-refractivity contribution in [2.75, 3.05) is 18.1 Å². The smallest absolute Gasteiger partial charge is 0.150 e. The highest BCUT2D eigenvalue weighted by Gasteiger charge is 2.29. The lowest BCUT2D eigenvalue weighted by Crippen LogP contribution is -2.33. The zero-order valence-corrected chi connectivity index (χ0v) is 14.7. The molecule has 2 unspecified atom stereocenters. The van der Waals surface area contributed by atoms with Crippen LogP contribution in [0.3, 0.4) is 0 Å². The van der Waals surface area contributed by atoms with E-state index in [4.69, 9.17) is 0 Å². The third kappa shape index (κ3) is 5.38. The molecule has 1 saturated heterocycles. The second-order valence-electron chi connectivity index (χ2n) is 6.08. The van der Waals surface area contributed by atoms with Gasteiger partial charge in [-0.25, -0.2) is 8.42 Å². The molecule has 1 aromatic heterocycles. The molecular formula is C16H27NO2S2. The summed E-state index contributed by atoms with van der Waals surface area (Å²) in [6.45, 7) is 5.37. The first-order chi connectivity index (χ1) is 10.0. The molecule has 2 heterocycles. The van der Waals surface area contributed by atoms with Crippen LogP contribution in [-0.4, -0.2) is 32.5 Å². The van der Waals surface area contributed by atoms with Crippen LogP contribution < -0.4 is 5.32 Å². The molecule has 5 heteroatoms.